The number of halogens is 1. The molecule has 1 aromatic carbocycles. The maximum absolute atomic E-state index is 13.6. The van der Waals surface area contributed by atoms with Crippen LogP contribution in [0.2, 0.25) is 0 Å². The van der Waals surface area contributed by atoms with Crippen molar-refractivity contribution in [2.24, 2.45) is 5.73 Å². The second kappa shape index (κ2) is 11.6. The summed E-state index contributed by atoms with van der Waals surface area (Å²) in [5.41, 5.74) is 6.74. The molecular formula is C15H24FNO4. The van der Waals surface area contributed by atoms with Crippen LogP contribution in [0.15, 0.2) is 18.2 Å². The average Bonchev–Trinajstić information content (AvgIpc) is 2.50. The van der Waals surface area contributed by atoms with Crippen molar-refractivity contribution in [1.82, 2.24) is 0 Å². The van der Waals surface area contributed by atoms with Crippen LogP contribution < -0.4 is 5.73 Å². The van der Waals surface area contributed by atoms with Crippen LogP contribution in [-0.4, -0.2) is 46.8 Å². The molecule has 0 saturated carbocycles. The number of methoxy groups -OCH3 is 1. The third-order valence-electron chi connectivity index (χ3n) is 2.79. The van der Waals surface area contributed by atoms with Gasteiger partial charge in [-0.05, 0) is 11.6 Å². The number of hydrogen-bond donors (Lipinski definition) is 1. The van der Waals surface area contributed by atoms with Gasteiger partial charge in [0.25, 0.3) is 0 Å². The van der Waals surface area contributed by atoms with Crippen LogP contribution in [0.3, 0.4) is 0 Å². The van der Waals surface area contributed by atoms with Gasteiger partial charge in [-0.15, -0.1) is 0 Å². The second-order valence-electron chi connectivity index (χ2n) is 4.40. The zero-order valence-electron chi connectivity index (χ0n) is 12.5. The quantitative estimate of drug-likeness (QED) is 0.593. The zero-order chi connectivity index (χ0) is 15.3. The molecule has 0 amide bonds. The average molecular weight is 301 g/mol. The highest BCUT2D eigenvalue weighted by molar-refractivity contribution is 5.23. The van der Waals surface area contributed by atoms with Crippen molar-refractivity contribution in [3.63, 3.8) is 0 Å². The van der Waals surface area contributed by atoms with E-state index in [0.29, 0.717) is 51.7 Å². The van der Waals surface area contributed by atoms with Gasteiger partial charge in [0.15, 0.2) is 0 Å². The Bertz CT molecular complexity index is 390. The molecule has 0 unspecified atom stereocenters. The van der Waals surface area contributed by atoms with Crippen LogP contribution in [0.5, 0.6) is 0 Å². The van der Waals surface area contributed by atoms with Gasteiger partial charge in [0.2, 0.25) is 0 Å². The molecule has 0 spiro atoms. The van der Waals surface area contributed by atoms with Gasteiger partial charge in [0.1, 0.15) is 5.82 Å². The summed E-state index contributed by atoms with van der Waals surface area (Å²) in [4.78, 5) is 0. The van der Waals surface area contributed by atoms with Gasteiger partial charge >= 0.3 is 0 Å². The van der Waals surface area contributed by atoms with Crippen LogP contribution in [0.25, 0.3) is 0 Å². The lowest BCUT2D eigenvalue weighted by Gasteiger charge is -2.08. The molecule has 0 fully saturated rings. The molecule has 120 valence electrons. The fourth-order valence-electron chi connectivity index (χ4n) is 1.60. The van der Waals surface area contributed by atoms with E-state index in [1.54, 1.807) is 19.2 Å². The zero-order valence-corrected chi connectivity index (χ0v) is 12.5. The Balaban J connectivity index is 2.01. The lowest BCUT2D eigenvalue weighted by atomic mass is 10.1. The third kappa shape index (κ3) is 8.08. The van der Waals surface area contributed by atoms with E-state index in [-0.39, 0.29) is 12.4 Å². The Morgan fingerprint density at radius 2 is 1.57 bits per heavy atom. The summed E-state index contributed by atoms with van der Waals surface area (Å²) < 4.78 is 34.4. The van der Waals surface area contributed by atoms with Crippen molar-refractivity contribution in [3.05, 3.63) is 35.1 Å². The van der Waals surface area contributed by atoms with Crippen LogP contribution in [0, 0.1) is 5.82 Å². The van der Waals surface area contributed by atoms with Crippen LogP contribution in [0.4, 0.5) is 4.39 Å². The molecular weight excluding hydrogens is 277 g/mol. The standard InChI is InChI=1S/C15H24FNO4/c1-18-4-5-19-6-7-20-8-9-21-12-14-3-2-13(11-17)10-15(14)16/h2-3,10H,4-9,11-12,17H2,1H3. The fourth-order valence-corrected chi connectivity index (χ4v) is 1.60. The van der Waals surface area contributed by atoms with E-state index in [9.17, 15) is 4.39 Å². The summed E-state index contributed by atoms with van der Waals surface area (Å²) in [5.74, 6) is -0.287. The molecule has 0 heterocycles. The minimum atomic E-state index is -0.287. The minimum Gasteiger partial charge on any atom is -0.382 e. The van der Waals surface area contributed by atoms with E-state index in [1.807, 2.05) is 0 Å². The van der Waals surface area contributed by atoms with Crippen molar-refractivity contribution in [1.29, 1.82) is 0 Å². The SMILES string of the molecule is COCCOCCOCCOCc1ccc(CN)cc1F. The van der Waals surface area contributed by atoms with Crippen LogP contribution in [-0.2, 0) is 32.1 Å². The monoisotopic (exact) mass is 301 g/mol. The predicted octanol–water partition coefficient (Wildman–Crippen LogP) is 1.48. The summed E-state index contributed by atoms with van der Waals surface area (Å²) in [7, 11) is 1.63. The molecule has 5 nitrogen and oxygen atoms in total. The first-order valence-electron chi connectivity index (χ1n) is 6.97. The number of benzene rings is 1. The number of ether oxygens (including phenoxy) is 4. The maximum Gasteiger partial charge on any atom is 0.129 e. The predicted molar refractivity (Wildman–Crippen MR) is 77.5 cm³/mol. The van der Waals surface area contributed by atoms with E-state index < -0.39 is 0 Å². The molecule has 0 atom stereocenters. The Kier molecular flexibility index (Phi) is 9.94. The topological polar surface area (TPSA) is 62.9 Å². The minimum absolute atomic E-state index is 0.227. The van der Waals surface area contributed by atoms with E-state index in [4.69, 9.17) is 24.7 Å². The summed E-state index contributed by atoms with van der Waals surface area (Å²) in [6.07, 6.45) is 0. The summed E-state index contributed by atoms with van der Waals surface area (Å²) >= 11 is 0. The van der Waals surface area contributed by atoms with Gasteiger partial charge in [0.05, 0.1) is 46.2 Å². The lowest BCUT2D eigenvalue weighted by molar-refractivity contribution is 0.000549. The van der Waals surface area contributed by atoms with Gasteiger partial charge in [-0.2, -0.15) is 0 Å². The molecule has 0 saturated heterocycles. The number of rotatable bonds is 12. The summed E-state index contributed by atoms with van der Waals surface area (Å²) in [5, 5.41) is 0. The third-order valence-corrected chi connectivity index (χ3v) is 2.79. The van der Waals surface area contributed by atoms with E-state index >= 15 is 0 Å². The number of hydrogen-bond acceptors (Lipinski definition) is 5. The largest absolute Gasteiger partial charge is 0.382 e. The fraction of sp³-hybridized carbons (Fsp3) is 0.600. The summed E-state index contributed by atoms with van der Waals surface area (Å²) in [6.45, 7) is 3.60. The highest BCUT2D eigenvalue weighted by atomic mass is 19.1. The lowest BCUT2D eigenvalue weighted by Crippen LogP contribution is -2.11. The van der Waals surface area contributed by atoms with Crippen LogP contribution in [0.1, 0.15) is 11.1 Å². The normalized spacial score (nSPS) is 11.0. The van der Waals surface area contributed by atoms with Gasteiger partial charge in [-0.3, -0.25) is 0 Å². The van der Waals surface area contributed by atoms with E-state index in [2.05, 4.69) is 0 Å². The molecule has 0 bridgehead atoms. The van der Waals surface area contributed by atoms with Gasteiger partial charge < -0.3 is 24.7 Å². The van der Waals surface area contributed by atoms with Crippen molar-refractivity contribution in [3.8, 4) is 0 Å². The first kappa shape index (κ1) is 18.0. The Labute approximate surface area is 125 Å². The summed E-state index contributed by atoms with van der Waals surface area (Å²) in [6, 6.07) is 4.93. The van der Waals surface area contributed by atoms with Crippen molar-refractivity contribution in [2.45, 2.75) is 13.2 Å². The van der Waals surface area contributed by atoms with Crippen molar-refractivity contribution in [2.75, 3.05) is 46.8 Å². The van der Waals surface area contributed by atoms with Gasteiger partial charge in [-0.25, -0.2) is 4.39 Å². The molecule has 0 aliphatic heterocycles. The van der Waals surface area contributed by atoms with Gasteiger partial charge in [-0.1, -0.05) is 12.1 Å². The highest BCUT2D eigenvalue weighted by Crippen LogP contribution is 2.11. The van der Waals surface area contributed by atoms with Gasteiger partial charge in [0, 0.05) is 19.2 Å². The molecule has 2 N–H and O–H groups in total. The number of nitrogens with two attached hydrogens (primary N) is 1. The Morgan fingerprint density at radius 1 is 0.952 bits per heavy atom. The molecule has 21 heavy (non-hydrogen) atoms. The van der Waals surface area contributed by atoms with Crippen molar-refractivity contribution < 1.29 is 23.3 Å². The molecule has 0 aliphatic carbocycles. The molecule has 0 radical (unpaired) electrons. The first-order valence-corrected chi connectivity index (χ1v) is 6.97. The highest BCUT2D eigenvalue weighted by Gasteiger charge is 2.03. The first-order chi connectivity index (χ1) is 10.3. The molecule has 1 rings (SSSR count). The Hall–Kier alpha value is -1.05. The Morgan fingerprint density at radius 3 is 2.14 bits per heavy atom. The smallest absolute Gasteiger partial charge is 0.129 e. The molecule has 6 heteroatoms. The van der Waals surface area contributed by atoms with Crippen molar-refractivity contribution >= 4 is 0 Å². The molecule has 0 aliphatic rings. The molecule has 1 aromatic rings. The maximum atomic E-state index is 13.6. The van der Waals surface area contributed by atoms with Crippen LogP contribution >= 0.6 is 0 Å². The van der Waals surface area contributed by atoms with E-state index in [1.165, 1.54) is 6.07 Å². The van der Waals surface area contributed by atoms with E-state index in [0.717, 1.165) is 5.56 Å². The second-order valence-corrected chi connectivity index (χ2v) is 4.40. The molecule has 0 aromatic heterocycles.